The summed E-state index contributed by atoms with van der Waals surface area (Å²) in [6.07, 6.45) is 0. The highest BCUT2D eigenvalue weighted by molar-refractivity contribution is 8.02. The number of anilines is 1. The Morgan fingerprint density at radius 1 is 1.38 bits per heavy atom. The zero-order chi connectivity index (χ0) is 18.8. The van der Waals surface area contributed by atoms with E-state index in [1.807, 2.05) is 38.1 Å². The van der Waals surface area contributed by atoms with Crippen LogP contribution in [0.3, 0.4) is 0 Å². The van der Waals surface area contributed by atoms with Crippen LogP contribution in [0.5, 0.6) is 5.75 Å². The first kappa shape index (κ1) is 18.0. The lowest BCUT2D eigenvalue weighted by molar-refractivity contribution is -0.113. The number of carbonyl (C=O) groups excluding carboxylic acids is 1. The largest absolute Gasteiger partial charge is 0.506 e. The number of nitriles is 1. The number of rotatable bonds is 4. The standard InChI is InChI=1S/C18H15N3O3S2/c1-9-4-3-5-10(2)15(9)21-14(24)8-25-18-11(7-19)16-17(26-18)12(22)6-13(23)20-16/h3-6H,8H2,1-2H3,(H,21,24)(H2,20,22,23). The van der Waals surface area contributed by atoms with Crippen LogP contribution in [0, 0.1) is 25.2 Å². The van der Waals surface area contributed by atoms with E-state index in [1.54, 1.807) is 0 Å². The number of hydrogen-bond acceptors (Lipinski definition) is 6. The maximum atomic E-state index is 12.3. The van der Waals surface area contributed by atoms with Crippen LogP contribution in [-0.4, -0.2) is 21.8 Å². The molecule has 1 amide bonds. The summed E-state index contributed by atoms with van der Waals surface area (Å²) in [6, 6.07) is 8.89. The molecule has 0 saturated heterocycles. The molecule has 2 aromatic heterocycles. The highest BCUT2D eigenvalue weighted by atomic mass is 32.2. The number of H-pyrrole nitrogens is 1. The van der Waals surface area contributed by atoms with E-state index in [-0.39, 0.29) is 23.0 Å². The number of hydrogen-bond donors (Lipinski definition) is 3. The maximum Gasteiger partial charge on any atom is 0.252 e. The smallest absolute Gasteiger partial charge is 0.252 e. The van der Waals surface area contributed by atoms with Crippen molar-refractivity contribution in [3.8, 4) is 11.8 Å². The zero-order valence-electron chi connectivity index (χ0n) is 14.0. The zero-order valence-corrected chi connectivity index (χ0v) is 15.7. The molecule has 0 fully saturated rings. The Bertz CT molecular complexity index is 1090. The summed E-state index contributed by atoms with van der Waals surface area (Å²) in [6.45, 7) is 3.85. The SMILES string of the molecule is Cc1cccc(C)c1NC(=O)CSc1sc2c(O)cc(=O)[nH]c2c1C#N. The predicted molar refractivity (Wildman–Crippen MR) is 104 cm³/mol. The van der Waals surface area contributed by atoms with Gasteiger partial charge < -0.3 is 15.4 Å². The summed E-state index contributed by atoms with van der Waals surface area (Å²) in [5.74, 6) is -0.246. The molecule has 6 nitrogen and oxygen atoms in total. The van der Waals surface area contributed by atoms with Crippen molar-refractivity contribution in [2.45, 2.75) is 18.1 Å². The van der Waals surface area contributed by atoms with E-state index in [2.05, 4.69) is 10.3 Å². The number of aromatic hydroxyl groups is 1. The predicted octanol–water partition coefficient (Wildman–Crippen LogP) is 3.51. The first-order valence-electron chi connectivity index (χ1n) is 7.68. The minimum atomic E-state index is -0.478. The van der Waals surface area contributed by atoms with Crippen LogP contribution in [0.25, 0.3) is 10.2 Å². The highest BCUT2D eigenvalue weighted by Crippen LogP contribution is 2.39. The number of fused-ring (bicyclic) bond motifs is 1. The number of thiophene rings is 1. The normalized spacial score (nSPS) is 10.7. The van der Waals surface area contributed by atoms with Gasteiger partial charge in [-0.1, -0.05) is 18.2 Å². The maximum absolute atomic E-state index is 12.3. The lowest BCUT2D eigenvalue weighted by Gasteiger charge is -2.11. The molecule has 0 unspecified atom stereocenters. The summed E-state index contributed by atoms with van der Waals surface area (Å²) in [5.41, 5.74) is 2.84. The number of para-hydroxylation sites is 1. The van der Waals surface area contributed by atoms with Gasteiger partial charge in [-0.2, -0.15) is 5.26 Å². The molecule has 3 rings (SSSR count). The Kier molecular flexibility index (Phi) is 5.02. The monoisotopic (exact) mass is 385 g/mol. The molecular weight excluding hydrogens is 370 g/mol. The van der Waals surface area contributed by atoms with Gasteiger partial charge >= 0.3 is 0 Å². The molecule has 0 spiro atoms. The lowest BCUT2D eigenvalue weighted by atomic mass is 10.1. The summed E-state index contributed by atoms with van der Waals surface area (Å²) in [7, 11) is 0. The van der Waals surface area contributed by atoms with Crippen molar-refractivity contribution in [2.24, 2.45) is 0 Å². The van der Waals surface area contributed by atoms with Gasteiger partial charge in [0.1, 0.15) is 17.4 Å². The molecule has 0 atom stereocenters. The number of benzene rings is 1. The fourth-order valence-corrected chi connectivity index (χ4v) is 4.72. The number of nitrogens with zero attached hydrogens (tertiary/aromatic N) is 1. The summed E-state index contributed by atoms with van der Waals surface area (Å²) >= 11 is 2.38. The van der Waals surface area contributed by atoms with Gasteiger partial charge in [0.2, 0.25) is 5.91 Å². The van der Waals surface area contributed by atoms with Gasteiger partial charge in [-0.3, -0.25) is 9.59 Å². The van der Waals surface area contributed by atoms with Gasteiger partial charge in [-0.15, -0.1) is 23.1 Å². The second kappa shape index (κ2) is 7.23. The Labute approximate surface area is 157 Å². The average Bonchev–Trinajstić information content (AvgIpc) is 2.94. The Morgan fingerprint density at radius 2 is 2.08 bits per heavy atom. The van der Waals surface area contributed by atoms with E-state index < -0.39 is 5.56 Å². The molecule has 0 bridgehead atoms. The van der Waals surface area contributed by atoms with Gasteiger partial charge in [0.05, 0.1) is 20.2 Å². The van der Waals surface area contributed by atoms with Crippen molar-refractivity contribution in [2.75, 3.05) is 11.1 Å². The van der Waals surface area contributed by atoms with E-state index in [9.17, 15) is 20.0 Å². The Hall–Kier alpha value is -2.76. The Morgan fingerprint density at radius 3 is 2.73 bits per heavy atom. The Balaban J connectivity index is 1.82. The van der Waals surface area contributed by atoms with Crippen LogP contribution in [-0.2, 0) is 4.79 Å². The lowest BCUT2D eigenvalue weighted by Crippen LogP contribution is -2.15. The van der Waals surface area contributed by atoms with Gasteiger partial charge in [0, 0.05) is 11.8 Å². The third kappa shape index (κ3) is 3.45. The summed E-state index contributed by atoms with van der Waals surface area (Å²) in [5, 5.41) is 22.2. The summed E-state index contributed by atoms with van der Waals surface area (Å²) in [4.78, 5) is 26.4. The topological polar surface area (TPSA) is 106 Å². The number of pyridine rings is 1. The highest BCUT2D eigenvalue weighted by Gasteiger charge is 2.18. The average molecular weight is 385 g/mol. The van der Waals surface area contributed by atoms with Crippen molar-refractivity contribution >= 4 is 44.9 Å². The summed E-state index contributed by atoms with van der Waals surface area (Å²) < 4.78 is 1.01. The molecule has 1 aromatic carbocycles. The number of aryl methyl sites for hydroxylation is 2. The third-order valence-electron chi connectivity index (χ3n) is 3.82. The number of aromatic amines is 1. The molecule has 0 radical (unpaired) electrons. The molecule has 0 aliphatic carbocycles. The van der Waals surface area contributed by atoms with Gasteiger partial charge in [-0.25, -0.2) is 0 Å². The molecule has 0 aliphatic heterocycles. The number of carbonyl (C=O) groups is 1. The van der Waals surface area contributed by atoms with Gasteiger partial charge in [0.15, 0.2) is 0 Å². The minimum Gasteiger partial charge on any atom is -0.506 e. The van der Waals surface area contributed by atoms with Crippen molar-refractivity contribution in [1.29, 1.82) is 5.26 Å². The van der Waals surface area contributed by atoms with Crippen molar-refractivity contribution < 1.29 is 9.90 Å². The van der Waals surface area contributed by atoms with Crippen LogP contribution in [0.15, 0.2) is 33.3 Å². The van der Waals surface area contributed by atoms with Crippen molar-refractivity contribution in [3.63, 3.8) is 0 Å². The number of aromatic nitrogens is 1. The van der Waals surface area contributed by atoms with Crippen molar-refractivity contribution in [3.05, 3.63) is 51.3 Å². The fraction of sp³-hybridized carbons (Fsp3) is 0.167. The van der Waals surface area contributed by atoms with E-state index in [0.29, 0.717) is 14.4 Å². The third-order valence-corrected chi connectivity index (χ3v) is 6.30. The molecule has 132 valence electrons. The van der Waals surface area contributed by atoms with Gasteiger partial charge in [0.25, 0.3) is 5.56 Å². The van der Waals surface area contributed by atoms with Crippen LogP contribution in [0.4, 0.5) is 5.69 Å². The number of nitrogens with one attached hydrogen (secondary N) is 2. The second-order valence-electron chi connectivity index (χ2n) is 5.70. The quantitative estimate of drug-likeness (QED) is 0.596. The van der Waals surface area contributed by atoms with E-state index >= 15 is 0 Å². The molecule has 2 heterocycles. The number of amides is 1. The molecule has 8 heteroatoms. The van der Waals surface area contributed by atoms with E-state index in [1.165, 1.54) is 23.1 Å². The van der Waals surface area contributed by atoms with Crippen molar-refractivity contribution in [1.82, 2.24) is 4.98 Å². The molecule has 0 saturated carbocycles. The van der Waals surface area contributed by atoms with Crippen LogP contribution >= 0.6 is 23.1 Å². The second-order valence-corrected chi connectivity index (χ2v) is 7.97. The van der Waals surface area contributed by atoms with Crippen LogP contribution < -0.4 is 10.9 Å². The van der Waals surface area contributed by atoms with Crippen LogP contribution in [0.1, 0.15) is 16.7 Å². The van der Waals surface area contributed by atoms with Crippen LogP contribution in [0.2, 0.25) is 0 Å². The van der Waals surface area contributed by atoms with E-state index in [4.69, 9.17) is 0 Å². The van der Waals surface area contributed by atoms with Gasteiger partial charge in [-0.05, 0) is 25.0 Å². The molecular formula is C18H15N3O3S2. The first-order valence-corrected chi connectivity index (χ1v) is 9.48. The molecule has 26 heavy (non-hydrogen) atoms. The molecule has 3 aromatic rings. The first-order chi connectivity index (χ1) is 12.4. The molecule has 0 aliphatic rings. The molecule has 3 N–H and O–H groups in total. The fourth-order valence-electron chi connectivity index (χ4n) is 2.58. The number of thioether (sulfide) groups is 1. The van der Waals surface area contributed by atoms with E-state index in [0.717, 1.165) is 22.9 Å². The minimum absolute atomic E-state index is 0.111.